The lowest BCUT2D eigenvalue weighted by molar-refractivity contribution is 0.0598. The molecule has 1 aromatic heterocycles. The molecule has 0 unspecified atom stereocenters. The van der Waals surface area contributed by atoms with Crippen molar-refractivity contribution >= 4 is 5.91 Å². The third-order valence-corrected chi connectivity index (χ3v) is 4.61. The lowest BCUT2D eigenvalue weighted by atomic mass is 9.78. The van der Waals surface area contributed by atoms with Gasteiger partial charge >= 0.3 is 0 Å². The summed E-state index contributed by atoms with van der Waals surface area (Å²) >= 11 is 0. The Morgan fingerprint density at radius 1 is 1.33 bits per heavy atom. The third kappa shape index (κ3) is 1.94. The Morgan fingerprint density at radius 3 is 2.67 bits per heavy atom. The second kappa shape index (κ2) is 4.43. The first-order valence-electron chi connectivity index (χ1n) is 6.82. The quantitative estimate of drug-likeness (QED) is 0.810. The van der Waals surface area contributed by atoms with Crippen molar-refractivity contribution in [3.05, 3.63) is 24.0 Å². The molecule has 0 radical (unpaired) electrons. The van der Waals surface area contributed by atoms with Gasteiger partial charge in [-0.15, -0.1) is 0 Å². The topological polar surface area (TPSA) is 37.3 Å². The van der Waals surface area contributed by atoms with Crippen LogP contribution in [0.5, 0.6) is 0 Å². The second-order valence-electron chi connectivity index (χ2n) is 5.72. The Bertz CT molecular complexity index is 436. The molecule has 1 spiro atoms. The maximum absolute atomic E-state index is 12.4. The molecule has 1 aromatic rings. The highest BCUT2D eigenvalue weighted by atomic mass is 16.2. The molecule has 4 heteroatoms. The lowest BCUT2D eigenvalue weighted by Gasteiger charge is -2.38. The molecule has 2 saturated heterocycles. The summed E-state index contributed by atoms with van der Waals surface area (Å²) in [6.45, 7) is 4.10. The van der Waals surface area contributed by atoms with Gasteiger partial charge in [-0.1, -0.05) is 0 Å². The van der Waals surface area contributed by atoms with E-state index >= 15 is 0 Å². The molecule has 4 nitrogen and oxygen atoms in total. The van der Waals surface area contributed by atoms with Crippen molar-refractivity contribution in [3.8, 4) is 0 Å². The summed E-state index contributed by atoms with van der Waals surface area (Å²) in [5, 5.41) is 3.46. The highest BCUT2D eigenvalue weighted by molar-refractivity contribution is 5.92. The molecular formula is C14H21N3O. The SMILES string of the molecule is Cn1cccc1C(=O)N1CCC2(CCNC2)CC1. The number of aryl methyl sites for hydroxylation is 1. The molecule has 0 aliphatic carbocycles. The van der Waals surface area contributed by atoms with Gasteiger partial charge in [0.2, 0.25) is 0 Å². The molecule has 0 aromatic carbocycles. The fourth-order valence-corrected chi connectivity index (χ4v) is 3.25. The number of hydrogen-bond acceptors (Lipinski definition) is 2. The molecule has 18 heavy (non-hydrogen) atoms. The van der Waals surface area contributed by atoms with Crippen LogP contribution in [0.1, 0.15) is 29.8 Å². The summed E-state index contributed by atoms with van der Waals surface area (Å²) in [4.78, 5) is 14.4. The van der Waals surface area contributed by atoms with Crippen molar-refractivity contribution in [1.82, 2.24) is 14.8 Å². The molecule has 0 bridgehead atoms. The van der Waals surface area contributed by atoms with Crippen LogP contribution < -0.4 is 5.32 Å². The van der Waals surface area contributed by atoms with Crippen LogP contribution in [0.4, 0.5) is 0 Å². The number of rotatable bonds is 1. The van der Waals surface area contributed by atoms with E-state index in [2.05, 4.69) is 5.32 Å². The molecule has 2 aliphatic rings. The van der Waals surface area contributed by atoms with E-state index in [4.69, 9.17) is 0 Å². The summed E-state index contributed by atoms with van der Waals surface area (Å²) in [5.74, 6) is 0.184. The van der Waals surface area contributed by atoms with E-state index in [-0.39, 0.29) is 5.91 Å². The van der Waals surface area contributed by atoms with Gasteiger partial charge < -0.3 is 14.8 Å². The molecule has 0 atom stereocenters. The number of hydrogen-bond donors (Lipinski definition) is 1. The van der Waals surface area contributed by atoms with Crippen molar-refractivity contribution in [2.75, 3.05) is 26.2 Å². The van der Waals surface area contributed by atoms with Gasteiger partial charge in [-0.2, -0.15) is 0 Å². The van der Waals surface area contributed by atoms with E-state index in [1.165, 1.54) is 6.42 Å². The minimum atomic E-state index is 0.184. The van der Waals surface area contributed by atoms with Gasteiger partial charge in [0.1, 0.15) is 5.69 Å². The zero-order valence-electron chi connectivity index (χ0n) is 11.0. The van der Waals surface area contributed by atoms with Crippen LogP contribution in [-0.2, 0) is 7.05 Å². The van der Waals surface area contributed by atoms with Gasteiger partial charge in [-0.3, -0.25) is 4.79 Å². The summed E-state index contributed by atoms with van der Waals surface area (Å²) in [6.07, 6.45) is 5.51. The first kappa shape index (κ1) is 11.8. The minimum Gasteiger partial charge on any atom is -0.347 e. The van der Waals surface area contributed by atoms with E-state index in [1.807, 2.05) is 34.8 Å². The molecule has 2 aliphatic heterocycles. The highest BCUT2D eigenvalue weighted by Crippen LogP contribution is 2.37. The molecule has 98 valence electrons. The van der Waals surface area contributed by atoms with Crippen molar-refractivity contribution in [3.63, 3.8) is 0 Å². The Hall–Kier alpha value is -1.29. The minimum absolute atomic E-state index is 0.184. The summed E-state index contributed by atoms with van der Waals surface area (Å²) in [6, 6.07) is 3.84. The predicted molar refractivity (Wildman–Crippen MR) is 70.5 cm³/mol. The van der Waals surface area contributed by atoms with Crippen molar-refractivity contribution < 1.29 is 4.79 Å². The fraction of sp³-hybridized carbons (Fsp3) is 0.643. The van der Waals surface area contributed by atoms with Gasteiger partial charge in [-0.25, -0.2) is 0 Å². The smallest absolute Gasteiger partial charge is 0.270 e. The largest absolute Gasteiger partial charge is 0.347 e. The summed E-state index contributed by atoms with van der Waals surface area (Å²) in [7, 11) is 1.93. The van der Waals surface area contributed by atoms with Gasteiger partial charge in [0.15, 0.2) is 0 Å². The normalized spacial score (nSPS) is 22.6. The Kier molecular flexibility index (Phi) is 2.90. The number of likely N-dealkylation sites (tertiary alicyclic amines) is 1. The standard InChI is InChI=1S/C14H21N3O/c1-16-8-2-3-12(16)13(18)17-9-5-14(6-10-17)4-7-15-11-14/h2-3,8,15H,4-7,9-11H2,1H3. The van der Waals surface area contributed by atoms with Crippen LogP contribution in [0.2, 0.25) is 0 Å². The number of aromatic nitrogens is 1. The van der Waals surface area contributed by atoms with Crippen LogP contribution in [-0.4, -0.2) is 41.6 Å². The predicted octanol–water partition coefficient (Wildman–Crippen LogP) is 1.24. The maximum atomic E-state index is 12.4. The van der Waals surface area contributed by atoms with Crippen molar-refractivity contribution in [2.24, 2.45) is 12.5 Å². The zero-order chi connectivity index (χ0) is 12.6. The average Bonchev–Trinajstić information content (AvgIpc) is 2.99. The number of nitrogens with zero attached hydrogens (tertiary/aromatic N) is 2. The Morgan fingerprint density at radius 2 is 2.11 bits per heavy atom. The van der Waals surface area contributed by atoms with E-state index in [0.29, 0.717) is 5.41 Å². The monoisotopic (exact) mass is 247 g/mol. The third-order valence-electron chi connectivity index (χ3n) is 4.61. The number of carbonyl (C=O) groups is 1. The van der Waals surface area contributed by atoms with Gasteiger partial charge in [0.05, 0.1) is 0 Å². The van der Waals surface area contributed by atoms with Crippen molar-refractivity contribution in [1.29, 1.82) is 0 Å². The van der Waals surface area contributed by atoms with Crippen LogP contribution in [0.25, 0.3) is 0 Å². The fourth-order valence-electron chi connectivity index (χ4n) is 3.25. The summed E-state index contributed by atoms with van der Waals surface area (Å²) < 4.78 is 1.91. The van der Waals surface area contributed by atoms with E-state index < -0.39 is 0 Å². The molecular weight excluding hydrogens is 226 g/mol. The van der Waals surface area contributed by atoms with Gasteiger partial charge in [0, 0.05) is 32.9 Å². The highest BCUT2D eigenvalue weighted by Gasteiger charge is 2.38. The molecule has 1 amide bonds. The number of nitrogens with one attached hydrogen (secondary N) is 1. The van der Waals surface area contributed by atoms with Crippen LogP contribution in [0.3, 0.4) is 0 Å². The zero-order valence-corrected chi connectivity index (χ0v) is 11.0. The molecule has 3 heterocycles. The molecule has 1 N–H and O–H groups in total. The Balaban J connectivity index is 1.66. The Labute approximate surface area is 108 Å². The first-order valence-corrected chi connectivity index (χ1v) is 6.82. The average molecular weight is 247 g/mol. The van der Waals surface area contributed by atoms with Gasteiger partial charge in [0.25, 0.3) is 5.91 Å². The van der Waals surface area contributed by atoms with Crippen LogP contribution in [0.15, 0.2) is 18.3 Å². The van der Waals surface area contributed by atoms with Gasteiger partial charge in [-0.05, 0) is 43.4 Å². The van der Waals surface area contributed by atoms with E-state index in [0.717, 1.165) is 44.7 Å². The second-order valence-corrected chi connectivity index (χ2v) is 5.72. The van der Waals surface area contributed by atoms with E-state index in [9.17, 15) is 4.79 Å². The molecule has 3 rings (SSSR count). The maximum Gasteiger partial charge on any atom is 0.270 e. The molecule has 2 fully saturated rings. The van der Waals surface area contributed by atoms with E-state index in [1.54, 1.807) is 0 Å². The number of piperidine rings is 1. The first-order chi connectivity index (χ1) is 8.70. The van der Waals surface area contributed by atoms with Crippen LogP contribution in [0, 0.1) is 5.41 Å². The number of amides is 1. The van der Waals surface area contributed by atoms with Crippen molar-refractivity contribution in [2.45, 2.75) is 19.3 Å². The number of carbonyl (C=O) groups excluding carboxylic acids is 1. The van der Waals surface area contributed by atoms with Crippen LogP contribution >= 0.6 is 0 Å². The lowest BCUT2D eigenvalue weighted by Crippen LogP contribution is -2.44. The molecule has 0 saturated carbocycles. The summed E-state index contributed by atoms with van der Waals surface area (Å²) in [5.41, 5.74) is 1.28.